The average Bonchev–Trinajstić information content (AvgIpc) is 2.59. The van der Waals surface area contributed by atoms with Gasteiger partial charge in [-0.1, -0.05) is 11.6 Å². The van der Waals surface area contributed by atoms with Crippen molar-refractivity contribution in [1.29, 1.82) is 5.26 Å². The monoisotopic (exact) mass is 297 g/mol. The summed E-state index contributed by atoms with van der Waals surface area (Å²) in [4.78, 5) is 3.96. The lowest BCUT2D eigenvalue weighted by molar-refractivity contribution is 0.593. The third kappa shape index (κ3) is 1.90. The molecule has 6 heteroatoms. The predicted molar refractivity (Wildman–Crippen MR) is 63.8 cm³/mol. The SMILES string of the molecule is N#Cc1nc(-c2ccc(Cl)cc2Br)oc1N. The summed E-state index contributed by atoms with van der Waals surface area (Å²) in [5.41, 5.74) is 6.25. The minimum atomic E-state index is 0.0133. The lowest BCUT2D eigenvalue weighted by Crippen LogP contribution is -1.84. The highest BCUT2D eigenvalue weighted by Crippen LogP contribution is 2.31. The molecule has 0 aliphatic rings. The van der Waals surface area contributed by atoms with Gasteiger partial charge in [0.15, 0.2) is 0 Å². The number of anilines is 1. The standard InChI is InChI=1S/C10H5BrClN3O/c11-7-3-5(12)1-2-6(7)10-15-8(4-13)9(14)16-10/h1-3H,14H2. The van der Waals surface area contributed by atoms with E-state index in [9.17, 15) is 0 Å². The van der Waals surface area contributed by atoms with Gasteiger partial charge in [0.2, 0.25) is 17.5 Å². The molecule has 80 valence electrons. The molecular formula is C10H5BrClN3O. The summed E-state index contributed by atoms with van der Waals surface area (Å²) in [6.07, 6.45) is 0. The van der Waals surface area contributed by atoms with Crippen molar-refractivity contribution < 1.29 is 4.42 Å². The van der Waals surface area contributed by atoms with Crippen molar-refractivity contribution in [2.45, 2.75) is 0 Å². The van der Waals surface area contributed by atoms with Gasteiger partial charge in [0.1, 0.15) is 6.07 Å². The van der Waals surface area contributed by atoms with Crippen molar-refractivity contribution in [2.24, 2.45) is 0 Å². The molecule has 1 aromatic heterocycles. The lowest BCUT2D eigenvalue weighted by Gasteiger charge is -1.99. The van der Waals surface area contributed by atoms with E-state index in [1.807, 2.05) is 6.07 Å². The molecule has 0 bridgehead atoms. The van der Waals surface area contributed by atoms with Crippen molar-refractivity contribution in [1.82, 2.24) is 4.98 Å². The number of nitrogens with zero attached hydrogens (tertiary/aromatic N) is 2. The number of nitriles is 1. The van der Waals surface area contributed by atoms with Crippen LogP contribution in [0.25, 0.3) is 11.5 Å². The van der Waals surface area contributed by atoms with E-state index in [0.717, 1.165) is 4.47 Å². The normalized spacial score (nSPS) is 10.1. The molecule has 0 saturated heterocycles. The Kier molecular flexibility index (Phi) is 2.86. The Balaban J connectivity index is 2.55. The highest BCUT2D eigenvalue weighted by molar-refractivity contribution is 9.10. The number of benzene rings is 1. The van der Waals surface area contributed by atoms with Crippen LogP contribution in [-0.2, 0) is 0 Å². The number of aromatic nitrogens is 1. The third-order valence-electron chi connectivity index (χ3n) is 1.92. The summed E-state index contributed by atoms with van der Waals surface area (Å²) in [6.45, 7) is 0. The largest absolute Gasteiger partial charge is 0.419 e. The second kappa shape index (κ2) is 4.16. The first-order chi connectivity index (χ1) is 7.61. The molecule has 0 aliphatic heterocycles. The topological polar surface area (TPSA) is 75.8 Å². The van der Waals surface area contributed by atoms with Crippen LogP contribution >= 0.6 is 27.5 Å². The summed E-state index contributed by atoms with van der Waals surface area (Å²) < 4.78 is 5.91. The van der Waals surface area contributed by atoms with Crippen LogP contribution in [0.5, 0.6) is 0 Å². The number of halogens is 2. The summed E-state index contributed by atoms with van der Waals surface area (Å²) in [5.74, 6) is 0.303. The van der Waals surface area contributed by atoms with Crippen LogP contribution in [0.4, 0.5) is 5.88 Å². The zero-order valence-corrected chi connectivity index (χ0v) is 10.2. The molecular weight excluding hydrogens is 293 g/mol. The Labute approximate surface area is 105 Å². The maximum atomic E-state index is 8.71. The third-order valence-corrected chi connectivity index (χ3v) is 2.81. The van der Waals surface area contributed by atoms with Gasteiger partial charge in [0, 0.05) is 9.50 Å². The van der Waals surface area contributed by atoms with Crippen molar-refractivity contribution >= 4 is 33.4 Å². The number of oxazole rings is 1. The van der Waals surface area contributed by atoms with Crippen LogP contribution in [0.1, 0.15) is 5.69 Å². The molecule has 0 radical (unpaired) electrons. The number of hydrogen-bond donors (Lipinski definition) is 1. The first-order valence-electron chi connectivity index (χ1n) is 4.23. The molecule has 2 aromatic rings. The number of hydrogen-bond acceptors (Lipinski definition) is 4. The van der Waals surface area contributed by atoms with Crippen LogP contribution in [-0.4, -0.2) is 4.98 Å². The Morgan fingerprint density at radius 1 is 1.50 bits per heavy atom. The highest BCUT2D eigenvalue weighted by Gasteiger charge is 2.14. The van der Waals surface area contributed by atoms with Gasteiger partial charge in [-0.15, -0.1) is 0 Å². The Morgan fingerprint density at radius 2 is 2.25 bits per heavy atom. The molecule has 2 rings (SSSR count). The first kappa shape index (κ1) is 11.0. The molecule has 16 heavy (non-hydrogen) atoms. The van der Waals surface area contributed by atoms with Gasteiger partial charge in [-0.3, -0.25) is 0 Å². The van der Waals surface area contributed by atoms with E-state index in [1.54, 1.807) is 18.2 Å². The molecule has 0 spiro atoms. The molecule has 4 nitrogen and oxygen atoms in total. The zero-order valence-electron chi connectivity index (χ0n) is 7.87. The van der Waals surface area contributed by atoms with Crippen molar-refractivity contribution in [3.63, 3.8) is 0 Å². The van der Waals surface area contributed by atoms with Crippen LogP contribution in [0, 0.1) is 11.3 Å². The number of nitrogen functional groups attached to an aromatic ring is 1. The fourth-order valence-corrected chi connectivity index (χ4v) is 2.04. The van der Waals surface area contributed by atoms with Gasteiger partial charge in [-0.25, -0.2) is 0 Å². The van der Waals surface area contributed by atoms with E-state index >= 15 is 0 Å². The van der Waals surface area contributed by atoms with Crippen molar-refractivity contribution in [3.05, 3.63) is 33.4 Å². The van der Waals surface area contributed by atoms with Crippen LogP contribution in [0.15, 0.2) is 27.1 Å². The fourth-order valence-electron chi connectivity index (χ4n) is 1.19. The van der Waals surface area contributed by atoms with E-state index in [-0.39, 0.29) is 17.5 Å². The maximum absolute atomic E-state index is 8.71. The van der Waals surface area contributed by atoms with E-state index in [1.165, 1.54) is 0 Å². The zero-order chi connectivity index (χ0) is 11.7. The maximum Gasteiger partial charge on any atom is 0.231 e. The molecule has 0 saturated carbocycles. The number of rotatable bonds is 1. The molecule has 1 aromatic carbocycles. The van der Waals surface area contributed by atoms with Crippen molar-refractivity contribution in [2.75, 3.05) is 5.73 Å². The summed E-state index contributed by atoms with van der Waals surface area (Å²) >= 11 is 9.14. The number of nitrogens with two attached hydrogens (primary N) is 1. The minimum absolute atomic E-state index is 0.0133. The van der Waals surface area contributed by atoms with Gasteiger partial charge in [-0.2, -0.15) is 10.2 Å². The highest BCUT2D eigenvalue weighted by atomic mass is 79.9. The smallest absolute Gasteiger partial charge is 0.231 e. The van der Waals surface area contributed by atoms with Crippen LogP contribution < -0.4 is 5.73 Å². The average molecular weight is 299 g/mol. The second-order valence-corrected chi connectivity index (χ2v) is 4.26. The van der Waals surface area contributed by atoms with Gasteiger partial charge in [0.05, 0.1) is 5.56 Å². The van der Waals surface area contributed by atoms with Gasteiger partial charge in [-0.05, 0) is 34.1 Å². The van der Waals surface area contributed by atoms with E-state index < -0.39 is 0 Å². The molecule has 1 heterocycles. The lowest BCUT2D eigenvalue weighted by atomic mass is 10.2. The summed E-state index contributed by atoms with van der Waals surface area (Å²) in [7, 11) is 0. The Bertz CT molecular complexity index is 588. The van der Waals surface area contributed by atoms with E-state index in [4.69, 9.17) is 27.0 Å². The quantitative estimate of drug-likeness (QED) is 0.877. The van der Waals surface area contributed by atoms with Crippen molar-refractivity contribution in [3.8, 4) is 17.5 Å². The fraction of sp³-hybridized carbons (Fsp3) is 0. The summed E-state index contributed by atoms with van der Waals surface area (Å²) in [5, 5.41) is 9.30. The Morgan fingerprint density at radius 3 is 2.81 bits per heavy atom. The molecule has 0 fully saturated rings. The molecule has 0 aliphatic carbocycles. The van der Waals surface area contributed by atoms with Gasteiger partial charge >= 0.3 is 0 Å². The molecule has 0 amide bonds. The van der Waals surface area contributed by atoms with E-state index in [0.29, 0.717) is 10.6 Å². The predicted octanol–water partition coefficient (Wildman–Crippen LogP) is 3.21. The molecule has 0 atom stereocenters. The molecule has 2 N–H and O–H groups in total. The second-order valence-electron chi connectivity index (χ2n) is 2.97. The first-order valence-corrected chi connectivity index (χ1v) is 5.40. The van der Waals surface area contributed by atoms with Crippen LogP contribution in [0.2, 0.25) is 5.02 Å². The summed E-state index contributed by atoms with van der Waals surface area (Å²) in [6, 6.07) is 6.99. The molecule has 0 unspecified atom stereocenters. The Hall–Kier alpha value is -1.51. The van der Waals surface area contributed by atoms with Crippen LogP contribution in [0.3, 0.4) is 0 Å². The van der Waals surface area contributed by atoms with Gasteiger partial charge < -0.3 is 10.2 Å². The van der Waals surface area contributed by atoms with E-state index in [2.05, 4.69) is 20.9 Å². The minimum Gasteiger partial charge on any atom is -0.419 e. The van der Waals surface area contributed by atoms with Gasteiger partial charge in [0.25, 0.3) is 0 Å².